The van der Waals surface area contributed by atoms with Crippen LogP contribution in [0.5, 0.6) is 0 Å². The SMILES string of the molecule is NCc1coc(Cn2cncn2)n1. The maximum atomic E-state index is 5.38. The van der Waals surface area contributed by atoms with Crippen LogP contribution in [0.2, 0.25) is 0 Å². The Morgan fingerprint density at radius 2 is 2.46 bits per heavy atom. The summed E-state index contributed by atoms with van der Waals surface area (Å²) in [5, 5.41) is 3.92. The first kappa shape index (κ1) is 7.93. The van der Waals surface area contributed by atoms with E-state index in [0.29, 0.717) is 19.0 Å². The maximum Gasteiger partial charge on any atom is 0.216 e. The summed E-state index contributed by atoms with van der Waals surface area (Å²) in [6.07, 6.45) is 4.62. The smallest absolute Gasteiger partial charge is 0.216 e. The van der Waals surface area contributed by atoms with Crippen molar-refractivity contribution in [3.63, 3.8) is 0 Å². The second-order valence-electron chi connectivity index (χ2n) is 2.53. The molecular weight excluding hydrogens is 170 g/mol. The molecule has 0 unspecified atom stereocenters. The van der Waals surface area contributed by atoms with E-state index in [4.69, 9.17) is 10.2 Å². The van der Waals surface area contributed by atoms with Gasteiger partial charge in [0.15, 0.2) is 0 Å². The molecule has 2 rings (SSSR count). The Morgan fingerprint density at radius 3 is 3.08 bits per heavy atom. The molecule has 13 heavy (non-hydrogen) atoms. The van der Waals surface area contributed by atoms with Gasteiger partial charge in [0, 0.05) is 6.54 Å². The molecular formula is C7H9N5O. The average Bonchev–Trinajstić information content (AvgIpc) is 2.76. The lowest BCUT2D eigenvalue weighted by molar-refractivity contribution is 0.464. The lowest BCUT2D eigenvalue weighted by Gasteiger charge is -1.92. The highest BCUT2D eigenvalue weighted by Gasteiger charge is 2.02. The van der Waals surface area contributed by atoms with Gasteiger partial charge in [0.2, 0.25) is 5.89 Å². The minimum absolute atomic E-state index is 0.390. The molecule has 0 spiro atoms. The number of aromatic nitrogens is 4. The van der Waals surface area contributed by atoms with Gasteiger partial charge in [-0.3, -0.25) is 0 Å². The summed E-state index contributed by atoms with van der Waals surface area (Å²) in [7, 11) is 0. The van der Waals surface area contributed by atoms with Crippen LogP contribution in [-0.4, -0.2) is 19.7 Å². The van der Waals surface area contributed by atoms with Gasteiger partial charge in [0.25, 0.3) is 0 Å². The van der Waals surface area contributed by atoms with E-state index in [9.17, 15) is 0 Å². The number of nitrogens with two attached hydrogens (primary N) is 1. The normalized spacial score (nSPS) is 10.5. The van der Waals surface area contributed by atoms with E-state index in [1.807, 2.05) is 0 Å². The number of oxazole rings is 1. The van der Waals surface area contributed by atoms with Gasteiger partial charge in [-0.1, -0.05) is 0 Å². The molecule has 2 heterocycles. The minimum atomic E-state index is 0.390. The van der Waals surface area contributed by atoms with E-state index < -0.39 is 0 Å². The largest absolute Gasteiger partial charge is 0.447 e. The standard InChI is InChI=1S/C7H9N5O/c8-1-6-3-13-7(11-6)2-12-5-9-4-10-12/h3-5H,1-2,8H2. The van der Waals surface area contributed by atoms with Gasteiger partial charge in [-0.05, 0) is 0 Å². The molecule has 0 aromatic carbocycles. The Morgan fingerprint density at radius 1 is 1.54 bits per heavy atom. The van der Waals surface area contributed by atoms with Crippen LogP contribution in [0.15, 0.2) is 23.3 Å². The molecule has 68 valence electrons. The molecule has 0 aliphatic heterocycles. The van der Waals surface area contributed by atoms with Crippen LogP contribution in [0.25, 0.3) is 0 Å². The number of hydrogen-bond donors (Lipinski definition) is 1. The van der Waals surface area contributed by atoms with Crippen molar-refractivity contribution >= 4 is 0 Å². The molecule has 6 heteroatoms. The van der Waals surface area contributed by atoms with Crippen LogP contribution in [0, 0.1) is 0 Å². The van der Waals surface area contributed by atoms with Gasteiger partial charge in [-0.25, -0.2) is 14.6 Å². The van der Waals surface area contributed by atoms with Crippen LogP contribution in [0.1, 0.15) is 11.6 Å². The van der Waals surface area contributed by atoms with Crippen molar-refractivity contribution in [3.8, 4) is 0 Å². The van der Waals surface area contributed by atoms with Crippen LogP contribution >= 0.6 is 0 Å². The molecule has 2 aromatic rings. The lowest BCUT2D eigenvalue weighted by atomic mass is 10.5. The lowest BCUT2D eigenvalue weighted by Crippen LogP contribution is -2.01. The first-order valence-corrected chi connectivity index (χ1v) is 3.84. The average molecular weight is 179 g/mol. The van der Waals surface area contributed by atoms with Crippen molar-refractivity contribution < 1.29 is 4.42 Å². The third kappa shape index (κ3) is 1.73. The zero-order valence-corrected chi connectivity index (χ0v) is 6.92. The molecule has 0 atom stereocenters. The molecule has 2 aromatic heterocycles. The van der Waals surface area contributed by atoms with E-state index in [0.717, 1.165) is 5.69 Å². The Balaban J connectivity index is 2.10. The van der Waals surface area contributed by atoms with Gasteiger partial charge in [0.05, 0.1) is 5.69 Å². The van der Waals surface area contributed by atoms with Gasteiger partial charge >= 0.3 is 0 Å². The second-order valence-corrected chi connectivity index (χ2v) is 2.53. The zero-order chi connectivity index (χ0) is 9.10. The Hall–Kier alpha value is -1.69. The Bertz CT molecular complexity index is 366. The number of nitrogens with zero attached hydrogens (tertiary/aromatic N) is 4. The summed E-state index contributed by atoms with van der Waals surface area (Å²) in [5.41, 5.74) is 6.12. The molecule has 0 saturated carbocycles. The van der Waals surface area contributed by atoms with Gasteiger partial charge < -0.3 is 10.2 Å². The zero-order valence-electron chi connectivity index (χ0n) is 6.92. The van der Waals surface area contributed by atoms with E-state index in [-0.39, 0.29) is 0 Å². The number of rotatable bonds is 3. The van der Waals surface area contributed by atoms with Gasteiger partial charge in [0.1, 0.15) is 25.5 Å². The molecule has 0 aliphatic carbocycles. The van der Waals surface area contributed by atoms with Crippen molar-refractivity contribution in [2.75, 3.05) is 0 Å². The third-order valence-electron chi connectivity index (χ3n) is 1.57. The van der Waals surface area contributed by atoms with Crippen molar-refractivity contribution in [1.82, 2.24) is 19.7 Å². The highest BCUT2D eigenvalue weighted by atomic mass is 16.3. The predicted octanol–water partition coefficient (Wildman–Crippen LogP) is -0.227. The van der Waals surface area contributed by atoms with Gasteiger partial charge in [-0.15, -0.1) is 0 Å². The molecule has 0 fully saturated rings. The topological polar surface area (TPSA) is 82.8 Å². The fourth-order valence-corrected chi connectivity index (χ4v) is 0.968. The first-order chi connectivity index (χ1) is 6.38. The summed E-state index contributed by atoms with van der Waals surface area (Å²) in [4.78, 5) is 7.93. The maximum absolute atomic E-state index is 5.38. The molecule has 0 bridgehead atoms. The fraction of sp³-hybridized carbons (Fsp3) is 0.286. The third-order valence-corrected chi connectivity index (χ3v) is 1.57. The quantitative estimate of drug-likeness (QED) is 0.703. The van der Waals surface area contributed by atoms with E-state index in [1.54, 1.807) is 17.3 Å². The van der Waals surface area contributed by atoms with Gasteiger partial charge in [-0.2, -0.15) is 5.10 Å². The molecule has 2 N–H and O–H groups in total. The van der Waals surface area contributed by atoms with Crippen molar-refractivity contribution in [3.05, 3.63) is 30.5 Å². The Labute approximate surface area is 74.4 Å². The summed E-state index contributed by atoms with van der Waals surface area (Å²) in [5.74, 6) is 0.589. The van der Waals surface area contributed by atoms with Crippen LogP contribution in [0.3, 0.4) is 0 Å². The summed E-state index contributed by atoms with van der Waals surface area (Å²) >= 11 is 0. The van der Waals surface area contributed by atoms with E-state index in [2.05, 4.69) is 15.1 Å². The highest BCUT2D eigenvalue weighted by Crippen LogP contribution is 2.02. The minimum Gasteiger partial charge on any atom is -0.447 e. The van der Waals surface area contributed by atoms with Crippen molar-refractivity contribution in [1.29, 1.82) is 0 Å². The molecule has 0 aliphatic rings. The van der Waals surface area contributed by atoms with Crippen LogP contribution < -0.4 is 5.73 Å². The van der Waals surface area contributed by atoms with Crippen molar-refractivity contribution in [2.45, 2.75) is 13.1 Å². The fourth-order valence-electron chi connectivity index (χ4n) is 0.968. The summed E-state index contributed by atoms with van der Waals surface area (Å²) in [6.45, 7) is 0.876. The highest BCUT2D eigenvalue weighted by molar-refractivity contribution is 4.95. The summed E-state index contributed by atoms with van der Waals surface area (Å²) < 4.78 is 6.78. The molecule has 6 nitrogen and oxygen atoms in total. The number of hydrogen-bond acceptors (Lipinski definition) is 5. The van der Waals surface area contributed by atoms with Crippen LogP contribution in [-0.2, 0) is 13.1 Å². The van der Waals surface area contributed by atoms with Crippen molar-refractivity contribution in [2.24, 2.45) is 5.73 Å². The first-order valence-electron chi connectivity index (χ1n) is 3.84. The summed E-state index contributed by atoms with van der Waals surface area (Å²) in [6, 6.07) is 0. The Kier molecular flexibility index (Phi) is 2.05. The molecule has 0 saturated heterocycles. The molecule has 0 amide bonds. The second kappa shape index (κ2) is 3.36. The van der Waals surface area contributed by atoms with E-state index in [1.165, 1.54) is 6.33 Å². The predicted molar refractivity (Wildman–Crippen MR) is 43.5 cm³/mol. The molecule has 0 radical (unpaired) electrons. The van der Waals surface area contributed by atoms with Crippen LogP contribution in [0.4, 0.5) is 0 Å². The monoisotopic (exact) mass is 179 g/mol. The van der Waals surface area contributed by atoms with E-state index >= 15 is 0 Å².